The fourth-order valence-electron chi connectivity index (χ4n) is 3.12. The topological polar surface area (TPSA) is 37.4 Å². The number of hydrogen-bond acceptors (Lipinski definition) is 3. The Kier molecular flexibility index (Phi) is 5.50. The fourth-order valence-corrected chi connectivity index (χ4v) is 5.30. The SMILES string of the molecule is O=S1(=O)CC[C@H](N(Cc2cccc(Cl)c2)Cc2cccc(Cl)c2)C1. The molecule has 3 rings (SSSR count). The lowest BCUT2D eigenvalue weighted by Gasteiger charge is -2.28. The van der Waals surface area contributed by atoms with Crippen molar-refractivity contribution in [3.8, 4) is 0 Å². The summed E-state index contributed by atoms with van der Waals surface area (Å²) in [7, 11) is -2.94. The molecule has 1 fully saturated rings. The van der Waals surface area contributed by atoms with Gasteiger partial charge in [0, 0.05) is 29.2 Å². The minimum atomic E-state index is -2.94. The fraction of sp³-hybridized carbons (Fsp3) is 0.333. The standard InChI is InChI=1S/C18H19Cl2NO2S/c19-16-5-1-3-14(9-16)11-21(18-7-8-24(22,23)13-18)12-15-4-2-6-17(20)10-15/h1-6,9-10,18H,7-8,11-13H2/t18-/m0/s1. The van der Waals surface area contributed by atoms with Gasteiger partial charge in [-0.05, 0) is 41.8 Å². The van der Waals surface area contributed by atoms with Crippen LogP contribution in [-0.2, 0) is 22.9 Å². The van der Waals surface area contributed by atoms with Crippen LogP contribution in [-0.4, -0.2) is 30.9 Å². The summed E-state index contributed by atoms with van der Waals surface area (Å²) in [6, 6.07) is 15.4. The molecule has 0 aromatic heterocycles. The van der Waals surface area contributed by atoms with Gasteiger partial charge in [-0.3, -0.25) is 4.90 Å². The van der Waals surface area contributed by atoms with E-state index in [1.54, 1.807) is 0 Å². The van der Waals surface area contributed by atoms with Crippen LogP contribution < -0.4 is 0 Å². The number of halogens is 2. The first-order valence-corrected chi connectivity index (χ1v) is 10.4. The molecule has 1 aliphatic heterocycles. The lowest BCUT2D eigenvalue weighted by molar-refractivity contribution is 0.194. The number of benzene rings is 2. The van der Waals surface area contributed by atoms with Gasteiger partial charge in [0.25, 0.3) is 0 Å². The van der Waals surface area contributed by atoms with Crippen molar-refractivity contribution in [3.63, 3.8) is 0 Å². The maximum Gasteiger partial charge on any atom is 0.151 e. The molecule has 0 amide bonds. The molecule has 2 aromatic rings. The molecule has 6 heteroatoms. The average Bonchev–Trinajstić information content (AvgIpc) is 2.87. The normalized spacial score (nSPS) is 19.7. The first-order valence-electron chi connectivity index (χ1n) is 7.85. The highest BCUT2D eigenvalue weighted by Crippen LogP contribution is 2.24. The smallest absolute Gasteiger partial charge is 0.151 e. The Labute approximate surface area is 153 Å². The molecule has 24 heavy (non-hydrogen) atoms. The van der Waals surface area contributed by atoms with Crippen LogP contribution in [0.3, 0.4) is 0 Å². The molecule has 2 aromatic carbocycles. The number of hydrogen-bond donors (Lipinski definition) is 0. The van der Waals surface area contributed by atoms with E-state index in [2.05, 4.69) is 4.90 Å². The molecule has 0 saturated carbocycles. The molecule has 0 radical (unpaired) electrons. The third-order valence-electron chi connectivity index (χ3n) is 4.27. The molecular weight excluding hydrogens is 365 g/mol. The summed E-state index contributed by atoms with van der Waals surface area (Å²) in [6.45, 7) is 1.32. The Bertz CT molecular complexity index is 776. The maximum atomic E-state index is 11.9. The molecule has 0 aliphatic carbocycles. The predicted octanol–water partition coefficient (Wildman–Crippen LogP) is 4.18. The van der Waals surface area contributed by atoms with Crippen molar-refractivity contribution >= 4 is 33.0 Å². The van der Waals surface area contributed by atoms with Crippen LogP contribution in [0.15, 0.2) is 48.5 Å². The van der Waals surface area contributed by atoms with Crippen molar-refractivity contribution in [1.29, 1.82) is 0 Å². The lowest BCUT2D eigenvalue weighted by atomic mass is 10.1. The summed E-state index contributed by atoms with van der Waals surface area (Å²) in [4.78, 5) is 2.21. The van der Waals surface area contributed by atoms with Crippen LogP contribution in [0.25, 0.3) is 0 Å². The van der Waals surface area contributed by atoms with Crippen LogP contribution in [0.4, 0.5) is 0 Å². The van der Waals surface area contributed by atoms with Gasteiger partial charge in [0.05, 0.1) is 11.5 Å². The summed E-state index contributed by atoms with van der Waals surface area (Å²) in [6.07, 6.45) is 0.670. The molecular formula is C18H19Cl2NO2S. The molecule has 1 saturated heterocycles. The number of sulfone groups is 1. The van der Waals surface area contributed by atoms with E-state index >= 15 is 0 Å². The summed E-state index contributed by atoms with van der Waals surface area (Å²) in [5, 5.41) is 1.38. The van der Waals surface area contributed by atoms with Gasteiger partial charge in [0.1, 0.15) is 0 Å². The average molecular weight is 384 g/mol. The second-order valence-electron chi connectivity index (χ2n) is 6.22. The van der Waals surface area contributed by atoms with Crippen LogP contribution >= 0.6 is 23.2 Å². The Balaban J connectivity index is 1.83. The zero-order valence-electron chi connectivity index (χ0n) is 13.2. The van der Waals surface area contributed by atoms with E-state index in [4.69, 9.17) is 23.2 Å². The van der Waals surface area contributed by atoms with Gasteiger partial charge in [0.2, 0.25) is 0 Å². The van der Waals surface area contributed by atoms with Gasteiger partial charge in [-0.15, -0.1) is 0 Å². The van der Waals surface area contributed by atoms with E-state index in [1.807, 2.05) is 48.5 Å². The Hall–Kier alpha value is -1.07. The van der Waals surface area contributed by atoms with Crippen LogP contribution in [0, 0.1) is 0 Å². The molecule has 1 heterocycles. The largest absolute Gasteiger partial charge is 0.291 e. The highest BCUT2D eigenvalue weighted by Gasteiger charge is 2.32. The zero-order valence-corrected chi connectivity index (χ0v) is 15.5. The third-order valence-corrected chi connectivity index (χ3v) is 6.49. The summed E-state index contributed by atoms with van der Waals surface area (Å²) >= 11 is 12.2. The molecule has 0 N–H and O–H groups in total. The van der Waals surface area contributed by atoms with Gasteiger partial charge >= 0.3 is 0 Å². The highest BCUT2D eigenvalue weighted by atomic mass is 35.5. The molecule has 0 unspecified atom stereocenters. The molecule has 0 bridgehead atoms. The molecule has 1 atom stereocenters. The van der Waals surface area contributed by atoms with Gasteiger partial charge in [0.15, 0.2) is 9.84 Å². The first-order chi connectivity index (χ1) is 11.4. The Morgan fingerprint density at radius 2 is 1.50 bits per heavy atom. The zero-order chi connectivity index (χ0) is 17.2. The molecule has 1 aliphatic rings. The van der Waals surface area contributed by atoms with Gasteiger partial charge < -0.3 is 0 Å². The van der Waals surface area contributed by atoms with Crippen molar-refractivity contribution in [2.75, 3.05) is 11.5 Å². The van der Waals surface area contributed by atoms with Crippen molar-refractivity contribution in [2.45, 2.75) is 25.6 Å². The van der Waals surface area contributed by atoms with E-state index in [1.165, 1.54) is 0 Å². The van der Waals surface area contributed by atoms with Crippen molar-refractivity contribution in [3.05, 3.63) is 69.7 Å². The van der Waals surface area contributed by atoms with E-state index in [-0.39, 0.29) is 17.5 Å². The highest BCUT2D eigenvalue weighted by molar-refractivity contribution is 7.91. The summed E-state index contributed by atoms with van der Waals surface area (Å²) in [5.41, 5.74) is 2.16. The first kappa shape index (κ1) is 17.7. The number of rotatable bonds is 5. The minimum absolute atomic E-state index is 0.0213. The second kappa shape index (κ2) is 7.44. The van der Waals surface area contributed by atoms with Crippen molar-refractivity contribution in [1.82, 2.24) is 4.90 Å². The van der Waals surface area contributed by atoms with E-state index in [9.17, 15) is 8.42 Å². The van der Waals surface area contributed by atoms with Gasteiger partial charge in [-0.2, -0.15) is 0 Å². The maximum absolute atomic E-state index is 11.9. The van der Waals surface area contributed by atoms with E-state index in [0.717, 1.165) is 11.1 Å². The summed E-state index contributed by atoms with van der Waals surface area (Å²) < 4.78 is 23.8. The van der Waals surface area contributed by atoms with Gasteiger partial charge in [-0.1, -0.05) is 47.5 Å². The Morgan fingerprint density at radius 3 is 1.92 bits per heavy atom. The minimum Gasteiger partial charge on any atom is -0.291 e. The monoisotopic (exact) mass is 383 g/mol. The van der Waals surface area contributed by atoms with E-state index < -0.39 is 9.84 Å². The Morgan fingerprint density at radius 1 is 0.958 bits per heavy atom. The summed E-state index contributed by atoms with van der Waals surface area (Å²) in [5.74, 6) is 0.480. The molecule has 128 valence electrons. The van der Waals surface area contributed by atoms with Gasteiger partial charge in [-0.25, -0.2) is 8.42 Å². The quantitative estimate of drug-likeness (QED) is 0.776. The second-order valence-corrected chi connectivity index (χ2v) is 9.32. The molecule has 0 spiro atoms. The van der Waals surface area contributed by atoms with Crippen LogP contribution in [0.5, 0.6) is 0 Å². The van der Waals surface area contributed by atoms with E-state index in [0.29, 0.717) is 29.6 Å². The number of nitrogens with zero attached hydrogens (tertiary/aromatic N) is 1. The lowest BCUT2D eigenvalue weighted by Crippen LogP contribution is -2.35. The van der Waals surface area contributed by atoms with Crippen molar-refractivity contribution < 1.29 is 8.42 Å². The van der Waals surface area contributed by atoms with Crippen molar-refractivity contribution in [2.24, 2.45) is 0 Å². The predicted molar refractivity (Wildman–Crippen MR) is 99.2 cm³/mol. The van der Waals surface area contributed by atoms with Crippen LogP contribution in [0.1, 0.15) is 17.5 Å². The third kappa shape index (κ3) is 4.73. The molecule has 3 nitrogen and oxygen atoms in total. The van der Waals surface area contributed by atoms with Crippen LogP contribution in [0.2, 0.25) is 10.0 Å².